The van der Waals surface area contributed by atoms with Gasteiger partial charge in [0.15, 0.2) is 0 Å². The van der Waals surface area contributed by atoms with Gasteiger partial charge in [0.05, 0.1) is 5.25 Å². The lowest BCUT2D eigenvalue weighted by Crippen LogP contribution is -2.23. The highest BCUT2D eigenvalue weighted by molar-refractivity contribution is 8.00. The molecule has 0 aliphatic heterocycles. The van der Waals surface area contributed by atoms with E-state index in [-0.39, 0.29) is 11.2 Å². The third-order valence-electron chi connectivity index (χ3n) is 2.65. The lowest BCUT2D eigenvalue weighted by molar-refractivity contribution is -0.115. The van der Waals surface area contributed by atoms with Crippen LogP contribution in [-0.4, -0.2) is 26.0 Å². The first-order valence-corrected chi connectivity index (χ1v) is 7.12. The van der Waals surface area contributed by atoms with Crippen molar-refractivity contribution in [3.8, 4) is 0 Å². The zero-order valence-corrected chi connectivity index (χ0v) is 12.6. The molecule has 3 N–H and O–H groups in total. The zero-order chi connectivity index (χ0) is 14.7. The van der Waals surface area contributed by atoms with E-state index in [2.05, 4.69) is 15.5 Å². The number of thioether (sulfide) groups is 1. The molecule has 2 aromatic rings. The highest BCUT2D eigenvalue weighted by Crippen LogP contribution is 2.23. The molecule has 1 heterocycles. The Balaban J connectivity index is 2.04. The predicted molar refractivity (Wildman–Crippen MR) is 80.3 cm³/mol. The minimum absolute atomic E-state index is 0.150. The van der Waals surface area contributed by atoms with Crippen LogP contribution in [0.4, 0.5) is 5.69 Å². The highest BCUT2D eigenvalue weighted by atomic mass is 35.5. The summed E-state index contributed by atoms with van der Waals surface area (Å²) in [5, 5.41) is 11.0. The Labute approximate surface area is 125 Å². The fraction of sp³-hybridized carbons (Fsp3) is 0.250. The van der Waals surface area contributed by atoms with Crippen LogP contribution in [0.25, 0.3) is 0 Å². The van der Waals surface area contributed by atoms with Crippen molar-refractivity contribution in [2.45, 2.75) is 24.3 Å². The smallest absolute Gasteiger partial charge is 0.237 e. The molecular formula is C12H14ClN5OS. The van der Waals surface area contributed by atoms with Gasteiger partial charge in [-0.05, 0) is 31.5 Å². The van der Waals surface area contributed by atoms with Crippen LogP contribution in [0.5, 0.6) is 0 Å². The molecule has 1 amide bonds. The quantitative estimate of drug-likeness (QED) is 0.667. The van der Waals surface area contributed by atoms with Gasteiger partial charge in [0.1, 0.15) is 6.33 Å². The number of rotatable bonds is 4. The predicted octanol–water partition coefficient (Wildman–Crippen LogP) is 2.07. The first kappa shape index (κ1) is 14.7. The van der Waals surface area contributed by atoms with E-state index < -0.39 is 0 Å². The molecule has 0 saturated heterocycles. The summed E-state index contributed by atoms with van der Waals surface area (Å²) in [6, 6.07) is 5.35. The van der Waals surface area contributed by atoms with Crippen molar-refractivity contribution in [1.82, 2.24) is 14.9 Å². The van der Waals surface area contributed by atoms with Crippen LogP contribution >= 0.6 is 23.4 Å². The van der Waals surface area contributed by atoms with E-state index in [0.717, 1.165) is 5.56 Å². The number of aryl methyl sites for hydroxylation is 1. The number of nitrogens with zero attached hydrogens (tertiary/aromatic N) is 3. The normalized spacial score (nSPS) is 12.2. The van der Waals surface area contributed by atoms with E-state index >= 15 is 0 Å². The van der Waals surface area contributed by atoms with Crippen molar-refractivity contribution < 1.29 is 4.79 Å². The minimum atomic E-state index is -0.361. The summed E-state index contributed by atoms with van der Waals surface area (Å²) >= 11 is 7.15. The number of nitrogen functional groups attached to an aromatic ring is 1. The summed E-state index contributed by atoms with van der Waals surface area (Å²) in [5.41, 5.74) is 1.64. The van der Waals surface area contributed by atoms with Crippen molar-refractivity contribution in [3.63, 3.8) is 0 Å². The molecule has 0 saturated carbocycles. The molecular weight excluding hydrogens is 298 g/mol. The maximum atomic E-state index is 12.1. The largest absolute Gasteiger partial charge is 0.336 e. The molecule has 0 unspecified atom stereocenters. The number of benzene rings is 1. The van der Waals surface area contributed by atoms with Gasteiger partial charge in [-0.15, -0.1) is 10.2 Å². The molecule has 106 valence electrons. The van der Waals surface area contributed by atoms with E-state index in [9.17, 15) is 4.79 Å². The molecule has 0 spiro atoms. The SMILES string of the molecule is Cc1ccc(Cl)cc1NC(=O)[C@H](C)Sc1nncn1N. The van der Waals surface area contributed by atoms with Gasteiger partial charge in [-0.2, -0.15) is 0 Å². The van der Waals surface area contributed by atoms with E-state index in [1.807, 2.05) is 13.0 Å². The number of hydrogen-bond acceptors (Lipinski definition) is 5. The van der Waals surface area contributed by atoms with Gasteiger partial charge >= 0.3 is 0 Å². The fourth-order valence-electron chi connectivity index (χ4n) is 1.49. The monoisotopic (exact) mass is 311 g/mol. The standard InChI is InChI=1S/C12H14ClN5OS/c1-7-3-4-9(13)5-10(7)16-11(19)8(2)20-12-17-15-6-18(12)14/h3-6,8H,14H2,1-2H3,(H,16,19)/t8-/m0/s1. The number of nitrogens with two attached hydrogens (primary N) is 1. The molecule has 1 aromatic carbocycles. The summed E-state index contributed by atoms with van der Waals surface area (Å²) < 4.78 is 1.28. The molecule has 0 fully saturated rings. The Bertz CT molecular complexity index is 630. The number of aromatic nitrogens is 3. The molecule has 1 atom stereocenters. The van der Waals surface area contributed by atoms with Crippen LogP contribution < -0.4 is 11.2 Å². The molecule has 0 aliphatic rings. The Morgan fingerprint density at radius 2 is 2.30 bits per heavy atom. The van der Waals surface area contributed by atoms with E-state index in [1.165, 1.54) is 22.8 Å². The Morgan fingerprint density at radius 3 is 2.95 bits per heavy atom. The highest BCUT2D eigenvalue weighted by Gasteiger charge is 2.18. The van der Waals surface area contributed by atoms with Crippen LogP contribution in [0, 0.1) is 6.92 Å². The summed E-state index contributed by atoms with van der Waals surface area (Å²) in [5.74, 6) is 5.46. The van der Waals surface area contributed by atoms with Crippen molar-refractivity contribution in [1.29, 1.82) is 0 Å². The van der Waals surface area contributed by atoms with Gasteiger partial charge in [-0.25, -0.2) is 4.68 Å². The maximum absolute atomic E-state index is 12.1. The molecule has 0 radical (unpaired) electrons. The van der Waals surface area contributed by atoms with Gasteiger partial charge in [-0.1, -0.05) is 29.4 Å². The van der Waals surface area contributed by atoms with Crippen molar-refractivity contribution in [2.75, 3.05) is 11.2 Å². The average Bonchev–Trinajstić information content (AvgIpc) is 2.79. The van der Waals surface area contributed by atoms with E-state index in [0.29, 0.717) is 15.9 Å². The van der Waals surface area contributed by atoms with Crippen molar-refractivity contribution >= 4 is 35.0 Å². The maximum Gasteiger partial charge on any atom is 0.237 e. The van der Waals surface area contributed by atoms with Crippen LogP contribution in [0.2, 0.25) is 5.02 Å². The molecule has 0 bridgehead atoms. The average molecular weight is 312 g/mol. The first-order valence-electron chi connectivity index (χ1n) is 5.86. The molecule has 6 nitrogen and oxygen atoms in total. The topological polar surface area (TPSA) is 85.8 Å². The summed E-state index contributed by atoms with van der Waals surface area (Å²) in [4.78, 5) is 12.1. The zero-order valence-electron chi connectivity index (χ0n) is 11.0. The van der Waals surface area contributed by atoms with Crippen molar-refractivity contribution in [3.05, 3.63) is 35.1 Å². The summed E-state index contributed by atoms with van der Waals surface area (Å²) in [6.45, 7) is 3.68. The Hall–Kier alpha value is -1.73. The molecule has 20 heavy (non-hydrogen) atoms. The summed E-state index contributed by atoms with van der Waals surface area (Å²) in [6.07, 6.45) is 1.38. The van der Waals surface area contributed by atoms with Gasteiger partial charge < -0.3 is 11.2 Å². The lowest BCUT2D eigenvalue weighted by Gasteiger charge is -2.13. The van der Waals surface area contributed by atoms with Gasteiger partial charge in [-0.3, -0.25) is 4.79 Å². The third-order valence-corrected chi connectivity index (χ3v) is 3.96. The second-order valence-corrected chi connectivity index (χ2v) is 5.97. The number of carbonyl (C=O) groups excluding carboxylic acids is 1. The van der Waals surface area contributed by atoms with Crippen molar-refractivity contribution in [2.24, 2.45) is 0 Å². The number of nitrogens with one attached hydrogen (secondary N) is 1. The van der Waals surface area contributed by atoms with E-state index in [1.54, 1.807) is 19.1 Å². The second kappa shape index (κ2) is 6.15. The summed E-state index contributed by atoms with van der Waals surface area (Å²) in [7, 11) is 0. The number of hydrogen-bond donors (Lipinski definition) is 2. The van der Waals surface area contributed by atoms with Crippen LogP contribution in [0.1, 0.15) is 12.5 Å². The molecule has 8 heteroatoms. The molecule has 0 aliphatic carbocycles. The third kappa shape index (κ3) is 3.43. The Morgan fingerprint density at radius 1 is 1.55 bits per heavy atom. The van der Waals surface area contributed by atoms with Crippen LogP contribution in [-0.2, 0) is 4.79 Å². The number of anilines is 1. The lowest BCUT2D eigenvalue weighted by atomic mass is 10.2. The van der Waals surface area contributed by atoms with Crippen LogP contribution in [0.15, 0.2) is 29.7 Å². The second-order valence-electron chi connectivity index (χ2n) is 4.23. The number of carbonyl (C=O) groups is 1. The van der Waals surface area contributed by atoms with Gasteiger partial charge in [0.25, 0.3) is 0 Å². The molecule has 1 aromatic heterocycles. The number of amides is 1. The minimum Gasteiger partial charge on any atom is -0.336 e. The van der Waals surface area contributed by atoms with Gasteiger partial charge in [0.2, 0.25) is 11.1 Å². The van der Waals surface area contributed by atoms with E-state index in [4.69, 9.17) is 17.4 Å². The first-order chi connectivity index (χ1) is 9.47. The fourth-order valence-corrected chi connectivity index (χ4v) is 2.41. The van der Waals surface area contributed by atoms with Gasteiger partial charge in [0, 0.05) is 10.7 Å². The Kier molecular flexibility index (Phi) is 4.51. The number of halogens is 1. The molecule has 2 rings (SSSR count). The van der Waals surface area contributed by atoms with Crippen LogP contribution in [0.3, 0.4) is 0 Å².